The Morgan fingerprint density at radius 2 is 2.00 bits per heavy atom. The fourth-order valence-electron chi connectivity index (χ4n) is 2.80. The molecule has 0 aliphatic carbocycles. The molecule has 0 radical (unpaired) electrons. The van der Waals surface area contributed by atoms with Gasteiger partial charge in [-0.2, -0.15) is 5.10 Å². The third-order valence-electron chi connectivity index (χ3n) is 4.35. The topological polar surface area (TPSA) is 80.2 Å². The number of nitrogens with one attached hydrogen (secondary N) is 1. The molecule has 0 fully saturated rings. The maximum Gasteiger partial charge on any atom is 0.281 e. The van der Waals surface area contributed by atoms with Gasteiger partial charge in [-0.15, -0.1) is 0 Å². The maximum absolute atomic E-state index is 12.5. The second kappa shape index (κ2) is 9.43. The van der Waals surface area contributed by atoms with Crippen LogP contribution in [-0.4, -0.2) is 30.4 Å². The third kappa shape index (κ3) is 4.86. The van der Waals surface area contributed by atoms with E-state index >= 15 is 0 Å². The molecule has 3 aromatic carbocycles. The fraction of sp³-hybridized carbons (Fsp3) is 0.182. The first-order valence-electron chi connectivity index (χ1n) is 9.07. The van der Waals surface area contributed by atoms with Crippen molar-refractivity contribution in [2.24, 2.45) is 5.10 Å². The Bertz CT molecular complexity index is 1050. The van der Waals surface area contributed by atoms with Gasteiger partial charge in [0.1, 0.15) is 5.75 Å². The van der Waals surface area contributed by atoms with Crippen molar-refractivity contribution in [3.63, 3.8) is 0 Å². The first-order chi connectivity index (χ1) is 14.0. The molecule has 150 valence electrons. The summed E-state index contributed by atoms with van der Waals surface area (Å²) in [6, 6.07) is 16.5. The molecule has 29 heavy (non-hydrogen) atoms. The van der Waals surface area contributed by atoms with E-state index in [2.05, 4.69) is 26.5 Å². The molecule has 7 heteroatoms. The summed E-state index contributed by atoms with van der Waals surface area (Å²) in [5.41, 5.74) is 3.17. The van der Waals surface area contributed by atoms with Gasteiger partial charge in [-0.1, -0.05) is 37.3 Å². The van der Waals surface area contributed by atoms with Crippen LogP contribution in [0.15, 0.2) is 64.2 Å². The Balaban J connectivity index is 1.69. The number of phenolic OH excluding ortho intramolecular Hbond substituents is 1. The summed E-state index contributed by atoms with van der Waals surface area (Å²) < 4.78 is 11.8. The number of amides is 1. The molecule has 0 spiro atoms. The Hall–Kier alpha value is -3.06. The summed E-state index contributed by atoms with van der Waals surface area (Å²) in [5.74, 6) is 0.609. The fourth-order valence-corrected chi connectivity index (χ4v) is 3.38. The Labute approximate surface area is 177 Å². The van der Waals surface area contributed by atoms with E-state index in [4.69, 9.17) is 9.47 Å². The van der Waals surface area contributed by atoms with Gasteiger partial charge in [-0.05, 0) is 63.0 Å². The molecule has 2 N–H and O–H groups in total. The summed E-state index contributed by atoms with van der Waals surface area (Å²) in [5, 5.41) is 15.7. The highest BCUT2D eigenvalue weighted by Gasteiger charge is 2.19. The van der Waals surface area contributed by atoms with Crippen molar-refractivity contribution in [2.45, 2.75) is 19.4 Å². The summed E-state index contributed by atoms with van der Waals surface area (Å²) >= 11 is 3.57. The SMILES string of the molecule is CCC(Oc1ccc2ccccc2c1Br)C(=O)NN=Cc1ccc(O)c(OC)c1. The van der Waals surface area contributed by atoms with E-state index in [1.807, 2.05) is 43.3 Å². The summed E-state index contributed by atoms with van der Waals surface area (Å²) in [6.07, 6.45) is 1.26. The number of rotatable bonds is 7. The molecule has 0 bridgehead atoms. The lowest BCUT2D eigenvalue weighted by Gasteiger charge is -2.17. The van der Waals surface area contributed by atoms with Crippen LogP contribution in [0.2, 0.25) is 0 Å². The van der Waals surface area contributed by atoms with Crippen LogP contribution in [0.3, 0.4) is 0 Å². The predicted octanol–water partition coefficient (Wildman–Crippen LogP) is 4.62. The number of fused-ring (bicyclic) bond motifs is 1. The van der Waals surface area contributed by atoms with E-state index in [9.17, 15) is 9.90 Å². The van der Waals surface area contributed by atoms with Crippen LogP contribution in [0, 0.1) is 0 Å². The molecule has 0 heterocycles. The van der Waals surface area contributed by atoms with Crippen LogP contribution < -0.4 is 14.9 Å². The van der Waals surface area contributed by atoms with Crippen LogP contribution in [0.25, 0.3) is 10.8 Å². The van der Waals surface area contributed by atoms with Crippen LogP contribution in [0.1, 0.15) is 18.9 Å². The largest absolute Gasteiger partial charge is 0.504 e. The molecule has 6 nitrogen and oxygen atoms in total. The second-order valence-electron chi connectivity index (χ2n) is 6.28. The normalized spacial score (nSPS) is 12.1. The van der Waals surface area contributed by atoms with Gasteiger partial charge in [0.15, 0.2) is 17.6 Å². The maximum atomic E-state index is 12.5. The average Bonchev–Trinajstić information content (AvgIpc) is 2.74. The van der Waals surface area contributed by atoms with E-state index in [-0.39, 0.29) is 11.7 Å². The second-order valence-corrected chi connectivity index (χ2v) is 7.07. The van der Waals surface area contributed by atoms with Gasteiger partial charge in [0.25, 0.3) is 5.91 Å². The van der Waals surface area contributed by atoms with E-state index in [0.29, 0.717) is 23.5 Å². The number of hydrogen-bond acceptors (Lipinski definition) is 5. The molecular weight excluding hydrogens is 436 g/mol. The lowest BCUT2D eigenvalue weighted by Crippen LogP contribution is -2.35. The Morgan fingerprint density at radius 1 is 1.21 bits per heavy atom. The number of hydrazone groups is 1. The number of phenols is 1. The zero-order valence-electron chi connectivity index (χ0n) is 16.1. The monoisotopic (exact) mass is 456 g/mol. The van der Waals surface area contributed by atoms with Crippen LogP contribution >= 0.6 is 15.9 Å². The van der Waals surface area contributed by atoms with Crippen molar-refractivity contribution in [1.29, 1.82) is 0 Å². The molecule has 0 aliphatic rings. The molecule has 0 saturated carbocycles. The quantitative estimate of drug-likeness (QED) is 0.401. The van der Waals surface area contributed by atoms with E-state index in [1.165, 1.54) is 19.4 Å². The number of hydrogen-bond donors (Lipinski definition) is 2. The van der Waals surface area contributed by atoms with Gasteiger partial charge in [0, 0.05) is 0 Å². The zero-order chi connectivity index (χ0) is 20.8. The molecule has 3 aromatic rings. The number of halogens is 1. The van der Waals surface area contributed by atoms with Crippen molar-refractivity contribution in [3.8, 4) is 17.2 Å². The van der Waals surface area contributed by atoms with Crippen molar-refractivity contribution in [3.05, 3.63) is 64.6 Å². The molecule has 0 saturated heterocycles. The molecule has 1 atom stereocenters. The molecule has 0 aliphatic heterocycles. The zero-order valence-corrected chi connectivity index (χ0v) is 17.6. The number of aromatic hydroxyl groups is 1. The van der Waals surface area contributed by atoms with Crippen LogP contribution in [0.5, 0.6) is 17.2 Å². The molecule has 0 aromatic heterocycles. The minimum atomic E-state index is -0.695. The number of methoxy groups -OCH3 is 1. The summed E-state index contributed by atoms with van der Waals surface area (Å²) in [6.45, 7) is 1.87. The highest BCUT2D eigenvalue weighted by atomic mass is 79.9. The number of carbonyl (C=O) groups excluding carboxylic acids is 1. The highest BCUT2D eigenvalue weighted by molar-refractivity contribution is 9.10. The van der Waals surface area contributed by atoms with E-state index < -0.39 is 6.10 Å². The van der Waals surface area contributed by atoms with Crippen molar-refractivity contribution >= 4 is 38.8 Å². The van der Waals surface area contributed by atoms with Gasteiger partial charge in [0.05, 0.1) is 17.8 Å². The lowest BCUT2D eigenvalue weighted by molar-refractivity contribution is -0.128. The summed E-state index contributed by atoms with van der Waals surface area (Å²) in [7, 11) is 1.46. The van der Waals surface area contributed by atoms with Gasteiger partial charge < -0.3 is 14.6 Å². The van der Waals surface area contributed by atoms with Gasteiger partial charge >= 0.3 is 0 Å². The molecule has 1 amide bonds. The number of benzene rings is 3. The third-order valence-corrected chi connectivity index (χ3v) is 5.17. The van der Waals surface area contributed by atoms with Crippen molar-refractivity contribution in [2.75, 3.05) is 7.11 Å². The molecule has 1 unspecified atom stereocenters. The first-order valence-corrected chi connectivity index (χ1v) is 9.86. The lowest BCUT2D eigenvalue weighted by atomic mass is 10.1. The van der Waals surface area contributed by atoms with Gasteiger partial charge in [0.2, 0.25) is 0 Å². The summed E-state index contributed by atoms with van der Waals surface area (Å²) in [4.78, 5) is 12.5. The smallest absolute Gasteiger partial charge is 0.281 e. The number of carbonyl (C=O) groups is 1. The minimum Gasteiger partial charge on any atom is -0.504 e. The van der Waals surface area contributed by atoms with Crippen molar-refractivity contribution < 1.29 is 19.4 Å². The van der Waals surface area contributed by atoms with Gasteiger partial charge in [-0.25, -0.2) is 5.43 Å². The molecular formula is C22H21BrN2O4. The minimum absolute atomic E-state index is 0.0362. The van der Waals surface area contributed by atoms with Crippen molar-refractivity contribution in [1.82, 2.24) is 5.43 Å². The standard InChI is InChI=1S/C22H21BrN2O4/c1-3-18(29-19-11-9-15-6-4-5-7-16(15)21(19)23)22(27)25-24-13-14-8-10-17(26)20(12-14)28-2/h4-13,18,26H,3H2,1-2H3,(H,25,27). The van der Waals surface area contributed by atoms with E-state index in [0.717, 1.165) is 15.2 Å². The van der Waals surface area contributed by atoms with Crippen LogP contribution in [-0.2, 0) is 4.79 Å². The molecule has 3 rings (SSSR count). The Morgan fingerprint density at radius 3 is 2.76 bits per heavy atom. The first kappa shape index (κ1) is 20.7. The van der Waals surface area contributed by atoms with Crippen LogP contribution in [0.4, 0.5) is 0 Å². The predicted molar refractivity (Wildman–Crippen MR) is 117 cm³/mol. The Kier molecular flexibility index (Phi) is 6.72. The highest BCUT2D eigenvalue weighted by Crippen LogP contribution is 2.33. The number of ether oxygens (including phenoxy) is 2. The average molecular weight is 457 g/mol. The number of nitrogens with zero attached hydrogens (tertiary/aromatic N) is 1. The van der Waals surface area contributed by atoms with E-state index in [1.54, 1.807) is 12.1 Å². The van der Waals surface area contributed by atoms with Gasteiger partial charge in [-0.3, -0.25) is 4.79 Å².